The van der Waals surface area contributed by atoms with Gasteiger partial charge in [0.2, 0.25) is 0 Å². The van der Waals surface area contributed by atoms with Crippen LogP contribution in [-0.4, -0.2) is 12.4 Å². The van der Waals surface area contributed by atoms with Gasteiger partial charge < -0.3 is 4.74 Å². The summed E-state index contributed by atoms with van der Waals surface area (Å²) in [4.78, 5) is 0. The maximum absolute atomic E-state index is 12.5. The monoisotopic (exact) mass is 172 g/mol. The molecule has 0 bridgehead atoms. The Bertz CT molecular complexity index is 227. The second-order valence-corrected chi connectivity index (χ2v) is 2.48. The van der Waals surface area contributed by atoms with Crippen LogP contribution < -0.4 is 4.74 Å². The van der Waals surface area contributed by atoms with Crippen LogP contribution in [-0.2, 0) is 0 Å². The molecular formula is C8H9FOS. The molecule has 0 aliphatic rings. The first-order chi connectivity index (χ1) is 5.33. The molecule has 1 aromatic carbocycles. The highest BCUT2D eigenvalue weighted by Crippen LogP contribution is 2.11. The van der Waals surface area contributed by atoms with E-state index in [9.17, 15) is 4.39 Å². The molecule has 0 atom stereocenters. The Morgan fingerprint density at radius 2 is 2.27 bits per heavy atom. The fraction of sp³-hybridized carbons (Fsp3) is 0.250. The number of halogens is 1. The van der Waals surface area contributed by atoms with Gasteiger partial charge in [0.15, 0.2) is 0 Å². The molecule has 0 aliphatic carbocycles. The third-order valence-corrected chi connectivity index (χ3v) is 1.34. The topological polar surface area (TPSA) is 9.23 Å². The molecule has 0 fully saturated rings. The van der Waals surface area contributed by atoms with Crippen molar-refractivity contribution in [2.24, 2.45) is 0 Å². The smallest absolute Gasteiger partial charge is 0.126 e. The molecule has 0 spiro atoms. The zero-order valence-corrected chi connectivity index (χ0v) is 6.85. The van der Waals surface area contributed by atoms with E-state index in [-0.39, 0.29) is 5.82 Å². The molecule has 60 valence electrons. The fourth-order valence-electron chi connectivity index (χ4n) is 0.720. The highest BCUT2D eigenvalue weighted by atomic mass is 32.1. The minimum atomic E-state index is -0.276. The van der Waals surface area contributed by atoms with Crippen LogP contribution >= 0.6 is 12.6 Å². The molecule has 1 nitrogen and oxygen atoms in total. The first-order valence-corrected chi connectivity index (χ1v) is 3.95. The van der Waals surface area contributed by atoms with Gasteiger partial charge in [-0.2, -0.15) is 12.6 Å². The first-order valence-electron chi connectivity index (χ1n) is 3.32. The molecule has 0 amide bonds. The minimum absolute atomic E-state index is 0.276. The number of hydrogen-bond acceptors (Lipinski definition) is 2. The highest BCUT2D eigenvalue weighted by molar-refractivity contribution is 7.80. The van der Waals surface area contributed by atoms with Gasteiger partial charge in [-0.15, -0.1) is 0 Å². The van der Waals surface area contributed by atoms with Crippen LogP contribution in [0.25, 0.3) is 0 Å². The van der Waals surface area contributed by atoms with Crippen molar-refractivity contribution in [1.29, 1.82) is 0 Å². The molecule has 0 aromatic heterocycles. The number of thiol groups is 1. The lowest BCUT2D eigenvalue weighted by Gasteiger charge is -2.02. The Morgan fingerprint density at radius 3 is 2.91 bits per heavy atom. The molecule has 0 radical (unpaired) electrons. The largest absolute Gasteiger partial charge is 0.493 e. The Balaban J connectivity index is 2.56. The standard InChI is InChI=1S/C8H9FOS/c9-7-2-1-3-8(6-7)10-4-5-11/h1-3,6,11H,4-5H2. The Labute approximate surface area is 70.6 Å². The average molecular weight is 172 g/mol. The molecule has 11 heavy (non-hydrogen) atoms. The summed E-state index contributed by atoms with van der Waals surface area (Å²) in [5.41, 5.74) is 0. The van der Waals surface area contributed by atoms with E-state index in [0.717, 1.165) is 0 Å². The normalized spacial score (nSPS) is 9.64. The molecule has 0 N–H and O–H groups in total. The summed E-state index contributed by atoms with van der Waals surface area (Å²) in [6, 6.07) is 6.06. The molecule has 0 heterocycles. The quantitative estimate of drug-likeness (QED) is 0.687. The van der Waals surface area contributed by atoms with Crippen LogP contribution in [0.1, 0.15) is 0 Å². The zero-order chi connectivity index (χ0) is 8.10. The van der Waals surface area contributed by atoms with Crippen molar-refractivity contribution in [2.45, 2.75) is 0 Å². The molecule has 0 saturated carbocycles. The second kappa shape index (κ2) is 4.23. The highest BCUT2D eigenvalue weighted by Gasteiger charge is 1.93. The molecule has 0 saturated heterocycles. The van der Waals surface area contributed by atoms with Gasteiger partial charge in [-0.1, -0.05) is 6.07 Å². The van der Waals surface area contributed by atoms with E-state index in [1.165, 1.54) is 12.1 Å². The van der Waals surface area contributed by atoms with Gasteiger partial charge in [-0.3, -0.25) is 0 Å². The van der Waals surface area contributed by atoms with Crippen molar-refractivity contribution < 1.29 is 9.13 Å². The summed E-state index contributed by atoms with van der Waals surface area (Å²) in [6.07, 6.45) is 0. The zero-order valence-electron chi connectivity index (χ0n) is 5.96. The van der Waals surface area contributed by atoms with E-state index in [0.29, 0.717) is 18.1 Å². The average Bonchev–Trinajstić information content (AvgIpc) is 2.01. The number of ether oxygens (including phenoxy) is 1. The molecule has 1 rings (SSSR count). The number of hydrogen-bond donors (Lipinski definition) is 1. The summed E-state index contributed by atoms with van der Waals surface area (Å²) in [6.45, 7) is 0.507. The van der Waals surface area contributed by atoms with Gasteiger partial charge in [0.25, 0.3) is 0 Å². The van der Waals surface area contributed by atoms with Crippen LogP contribution in [0.2, 0.25) is 0 Å². The van der Waals surface area contributed by atoms with Crippen molar-refractivity contribution in [3.05, 3.63) is 30.1 Å². The summed E-state index contributed by atoms with van der Waals surface area (Å²) < 4.78 is 17.6. The predicted octanol–water partition coefficient (Wildman–Crippen LogP) is 2.13. The van der Waals surface area contributed by atoms with E-state index in [1.54, 1.807) is 12.1 Å². The molecular weight excluding hydrogens is 163 g/mol. The third-order valence-electron chi connectivity index (χ3n) is 1.16. The molecule has 1 aromatic rings. The van der Waals surface area contributed by atoms with Crippen LogP contribution in [0.4, 0.5) is 4.39 Å². The van der Waals surface area contributed by atoms with E-state index in [1.807, 2.05) is 0 Å². The Kier molecular flexibility index (Phi) is 3.23. The number of rotatable bonds is 3. The SMILES string of the molecule is Fc1cccc(OCCS)c1. The van der Waals surface area contributed by atoms with Crippen molar-refractivity contribution in [2.75, 3.05) is 12.4 Å². The van der Waals surface area contributed by atoms with Crippen LogP contribution in [0, 0.1) is 5.82 Å². The third kappa shape index (κ3) is 2.80. The van der Waals surface area contributed by atoms with Gasteiger partial charge in [0.1, 0.15) is 11.6 Å². The van der Waals surface area contributed by atoms with Crippen LogP contribution in [0.3, 0.4) is 0 Å². The molecule has 0 unspecified atom stereocenters. The van der Waals surface area contributed by atoms with Crippen molar-refractivity contribution in [3.63, 3.8) is 0 Å². The lowest BCUT2D eigenvalue weighted by molar-refractivity contribution is 0.342. The van der Waals surface area contributed by atoms with E-state index < -0.39 is 0 Å². The maximum atomic E-state index is 12.5. The number of benzene rings is 1. The van der Waals surface area contributed by atoms with E-state index in [4.69, 9.17) is 4.74 Å². The van der Waals surface area contributed by atoms with Crippen molar-refractivity contribution in [3.8, 4) is 5.75 Å². The summed E-state index contributed by atoms with van der Waals surface area (Å²) in [5, 5.41) is 0. The Hall–Kier alpha value is -0.700. The van der Waals surface area contributed by atoms with Crippen LogP contribution in [0.15, 0.2) is 24.3 Å². The van der Waals surface area contributed by atoms with E-state index in [2.05, 4.69) is 12.6 Å². The van der Waals surface area contributed by atoms with Crippen molar-refractivity contribution in [1.82, 2.24) is 0 Å². The lowest BCUT2D eigenvalue weighted by Crippen LogP contribution is -1.97. The van der Waals surface area contributed by atoms with Gasteiger partial charge in [0.05, 0.1) is 6.61 Å². The van der Waals surface area contributed by atoms with Crippen molar-refractivity contribution >= 4 is 12.6 Å². The van der Waals surface area contributed by atoms with Crippen LogP contribution in [0.5, 0.6) is 5.75 Å². The summed E-state index contributed by atoms with van der Waals surface area (Å²) >= 11 is 3.96. The summed E-state index contributed by atoms with van der Waals surface area (Å²) in [7, 11) is 0. The fourth-order valence-corrected chi connectivity index (χ4v) is 0.812. The summed E-state index contributed by atoms with van der Waals surface area (Å²) in [5.74, 6) is 0.914. The van der Waals surface area contributed by atoms with Gasteiger partial charge >= 0.3 is 0 Å². The first kappa shape index (κ1) is 8.40. The minimum Gasteiger partial charge on any atom is -0.493 e. The van der Waals surface area contributed by atoms with Gasteiger partial charge in [0, 0.05) is 11.8 Å². The maximum Gasteiger partial charge on any atom is 0.126 e. The Morgan fingerprint density at radius 1 is 1.45 bits per heavy atom. The van der Waals surface area contributed by atoms with E-state index >= 15 is 0 Å². The second-order valence-electron chi connectivity index (χ2n) is 2.03. The van der Waals surface area contributed by atoms with Gasteiger partial charge in [-0.05, 0) is 12.1 Å². The molecule has 3 heteroatoms. The lowest BCUT2D eigenvalue weighted by atomic mass is 10.3. The van der Waals surface area contributed by atoms with Gasteiger partial charge in [-0.25, -0.2) is 4.39 Å². The predicted molar refractivity (Wildman–Crippen MR) is 45.7 cm³/mol. The molecule has 0 aliphatic heterocycles.